The van der Waals surface area contributed by atoms with Crippen LogP contribution in [-0.2, 0) is 6.54 Å². The highest BCUT2D eigenvalue weighted by molar-refractivity contribution is 8.02. The molecule has 0 spiro atoms. The number of rotatable bonds is 7. The van der Waals surface area contributed by atoms with Crippen molar-refractivity contribution in [2.75, 3.05) is 5.32 Å². The van der Waals surface area contributed by atoms with E-state index in [1.807, 2.05) is 72.8 Å². The molecule has 0 heterocycles. The molecule has 1 N–H and O–H groups in total. The molecule has 0 saturated heterocycles. The van der Waals surface area contributed by atoms with E-state index >= 15 is 4.39 Å². The standard InChI is InChI=1S/C27H18FN3S2/c28-24-14-19(18-31-25-13-7-8-20(16-29)23(25)17-30)15-26(32-21-9-3-1-4-10-21)27(24)33-22-11-5-2-6-12-22/h1-15,31H,18H2. The highest BCUT2D eigenvalue weighted by Gasteiger charge is 2.15. The van der Waals surface area contributed by atoms with Gasteiger partial charge in [-0.2, -0.15) is 10.5 Å². The van der Waals surface area contributed by atoms with Gasteiger partial charge in [-0.3, -0.25) is 0 Å². The van der Waals surface area contributed by atoms with Crippen LogP contribution in [0.15, 0.2) is 111 Å². The summed E-state index contributed by atoms with van der Waals surface area (Å²) in [6.07, 6.45) is 0. The molecule has 33 heavy (non-hydrogen) atoms. The average molecular weight is 468 g/mol. The van der Waals surface area contributed by atoms with Gasteiger partial charge in [-0.1, -0.05) is 66.0 Å². The van der Waals surface area contributed by atoms with Crippen LogP contribution in [0.2, 0.25) is 0 Å². The van der Waals surface area contributed by atoms with Crippen molar-refractivity contribution in [1.29, 1.82) is 10.5 Å². The summed E-state index contributed by atoms with van der Waals surface area (Å²) in [4.78, 5) is 3.37. The number of nitrogens with zero attached hydrogens (tertiary/aromatic N) is 2. The Labute approximate surface area is 200 Å². The topological polar surface area (TPSA) is 59.6 Å². The van der Waals surface area contributed by atoms with Crippen LogP contribution in [0, 0.1) is 28.5 Å². The molecule has 0 unspecified atom stereocenters. The molecule has 0 aliphatic heterocycles. The first-order valence-corrected chi connectivity index (χ1v) is 11.8. The van der Waals surface area contributed by atoms with Crippen molar-refractivity contribution in [2.24, 2.45) is 0 Å². The molecule has 4 aromatic carbocycles. The lowest BCUT2D eigenvalue weighted by Gasteiger charge is -2.14. The molecule has 6 heteroatoms. The first-order valence-electron chi connectivity index (χ1n) is 10.1. The Morgan fingerprint density at radius 1 is 0.758 bits per heavy atom. The normalized spacial score (nSPS) is 10.3. The number of halogens is 1. The number of nitrogens with one attached hydrogen (secondary N) is 1. The Hall–Kier alpha value is -3.71. The van der Waals surface area contributed by atoms with Gasteiger partial charge in [-0.05, 0) is 54.1 Å². The van der Waals surface area contributed by atoms with E-state index in [1.54, 1.807) is 18.2 Å². The van der Waals surface area contributed by atoms with Crippen molar-refractivity contribution in [3.05, 3.63) is 114 Å². The maximum absolute atomic E-state index is 15.3. The van der Waals surface area contributed by atoms with Crippen LogP contribution in [0.25, 0.3) is 0 Å². The van der Waals surface area contributed by atoms with Gasteiger partial charge in [0.2, 0.25) is 0 Å². The average Bonchev–Trinajstić information content (AvgIpc) is 2.85. The molecule has 4 rings (SSSR count). The largest absolute Gasteiger partial charge is 0.380 e. The summed E-state index contributed by atoms with van der Waals surface area (Å²) in [6.45, 7) is 0.319. The third kappa shape index (κ3) is 5.56. The fourth-order valence-corrected chi connectivity index (χ4v) is 5.27. The van der Waals surface area contributed by atoms with Crippen LogP contribution < -0.4 is 5.32 Å². The van der Waals surface area contributed by atoms with Crippen molar-refractivity contribution < 1.29 is 4.39 Å². The third-order valence-electron chi connectivity index (χ3n) is 4.78. The molecular formula is C27H18FN3S2. The van der Waals surface area contributed by atoms with Gasteiger partial charge in [0.05, 0.1) is 21.7 Å². The van der Waals surface area contributed by atoms with Crippen LogP contribution >= 0.6 is 23.5 Å². The second kappa shape index (κ2) is 10.7. The number of anilines is 1. The zero-order valence-corrected chi connectivity index (χ0v) is 19.1. The van der Waals surface area contributed by atoms with Gasteiger partial charge in [0, 0.05) is 21.2 Å². The summed E-state index contributed by atoms with van der Waals surface area (Å²) in [5.74, 6) is -0.298. The number of hydrogen-bond donors (Lipinski definition) is 1. The highest BCUT2D eigenvalue weighted by Crippen LogP contribution is 2.41. The quantitative estimate of drug-likeness (QED) is 0.305. The number of hydrogen-bond acceptors (Lipinski definition) is 5. The molecule has 0 aromatic heterocycles. The Morgan fingerprint density at radius 3 is 2.06 bits per heavy atom. The maximum Gasteiger partial charge on any atom is 0.138 e. The monoisotopic (exact) mass is 467 g/mol. The van der Waals surface area contributed by atoms with Crippen LogP contribution in [0.1, 0.15) is 16.7 Å². The van der Waals surface area contributed by atoms with Gasteiger partial charge in [0.15, 0.2) is 0 Å². The molecule has 0 radical (unpaired) electrons. The van der Waals surface area contributed by atoms with E-state index in [4.69, 9.17) is 0 Å². The summed E-state index contributed by atoms with van der Waals surface area (Å²) in [5, 5.41) is 21.9. The second-order valence-corrected chi connectivity index (χ2v) is 9.24. The fourth-order valence-electron chi connectivity index (χ4n) is 3.23. The van der Waals surface area contributed by atoms with Crippen LogP contribution in [-0.4, -0.2) is 0 Å². The zero-order valence-electron chi connectivity index (χ0n) is 17.5. The van der Waals surface area contributed by atoms with Gasteiger partial charge in [-0.15, -0.1) is 0 Å². The van der Waals surface area contributed by atoms with Gasteiger partial charge < -0.3 is 5.32 Å². The third-order valence-corrected chi connectivity index (χ3v) is 7.09. The van der Waals surface area contributed by atoms with Crippen molar-refractivity contribution in [1.82, 2.24) is 0 Å². The van der Waals surface area contributed by atoms with Crippen LogP contribution in [0.5, 0.6) is 0 Å². The molecule has 0 bridgehead atoms. The summed E-state index contributed by atoms with van der Waals surface area (Å²) in [5.41, 5.74) is 1.89. The zero-order chi connectivity index (χ0) is 23.0. The van der Waals surface area contributed by atoms with Crippen molar-refractivity contribution in [3.8, 4) is 12.1 Å². The van der Waals surface area contributed by atoms with Crippen LogP contribution in [0.3, 0.4) is 0 Å². The van der Waals surface area contributed by atoms with Gasteiger partial charge in [0.25, 0.3) is 0 Å². The summed E-state index contributed by atoms with van der Waals surface area (Å²) < 4.78 is 15.3. The summed E-state index contributed by atoms with van der Waals surface area (Å²) >= 11 is 2.91. The minimum Gasteiger partial charge on any atom is -0.380 e. The van der Waals surface area contributed by atoms with E-state index in [9.17, 15) is 10.5 Å². The molecule has 0 amide bonds. The first-order chi connectivity index (χ1) is 16.2. The van der Waals surface area contributed by atoms with E-state index in [-0.39, 0.29) is 11.4 Å². The first kappa shape index (κ1) is 22.5. The van der Waals surface area contributed by atoms with E-state index in [1.165, 1.54) is 29.6 Å². The lowest BCUT2D eigenvalue weighted by atomic mass is 10.1. The van der Waals surface area contributed by atoms with Crippen molar-refractivity contribution in [3.63, 3.8) is 0 Å². The Kier molecular flexibility index (Phi) is 7.32. The molecule has 0 fully saturated rings. The minimum atomic E-state index is -0.298. The number of nitriles is 2. The lowest BCUT2D eigenvalue weighted by Crippen LogP contribution is -2.03. The highest BCUT2D eigenvalue weighted by atomic mass is 32.2. The summed E-state index contributed by atoms with van der Waals surface area (Å²) in [6, 6.07) is 32.3. The minimum absolute atomic E-state index is 0.288. The molecule has 160 valence electrons. The molecule has 3 nitrogen and oxygen atoms in total. The molecule has 0 aliphatic carbocycles. The van der Waals surface area contributed by atoms with Gasteiger partial charge in [-0.25, -0.2) is 4.39 Å². The predicted molar refractivity (Wildman–Crippen MR) is 131 cm³/mol. The molecular weight excluding hydrogens is 449 g/mol. The van der Waals surface area contributed by atoms with Crippen molar-refractivity contribution >= 4 is 29.2 Å². The number of benzene rings is 4. The van der Waals surface area contributed by atoms with Gasteiger partial charge in [0.1, 0.15) is 18.0 Å². The lowest BCUT2D eigenvalue weighted by molar-refractivity contribution is 0.591. The molecule has 0 aliphatic rings. The molecule has 0 atom stereocenters. The van der Waals surface area contributed by atoms with E-state index in [0.717, 1.165) is 20.2 Å². The van der Waals surface area contributed by atoms with E-state index in [2.05, 4.69) is 11.4 Å². The Balaban J connectivity index is 1.66. The maximum atomic E-state index is 15.3. The van der Waals surface area contributed by atoms with Crippen molar-refractivity contribution in [2.45, 2.75) is 26.1 Å². The smallest absolute Gasteiger partial charge is 0.138 e. The van der Waals surface area contributed by atoms with Crippen LogP contribution in [0.4, 0.5) is 10.1 Å². The Morgan fingerprint density at radius 2 is 1.42 bits per heavy atom. The Bertz CT molecular complexity index is 1340. The second-order valence-electron chi connectivity index (χ2n) is 7.04. The van der Waals surface area contributed by atoms with E-state index in [0.29, 0.717) is 22.7 Å². The SMILES string of the molecule is N#Cc1cccc(NCc2cc(F)c(Sc3ccccc3)c(Sc3ccccc3)c2)c1C#N. The predicted octanol–water partition coefficient (Wildman–Crippen LogP) is 7.48. The molecule has 0 saturated carbocycles. The molecule has 4 aromatic rings. The fraction of sp³-hybridized carbons (Fsp3) is 0.0370. The van der Waals surface area contributed by atoms with Gasteiger partial charge >= 0.3 is 0 Å². The summed E-state index contributed by atoms with van der Waals surface area (Å²) in [7, 11) is 0. The van der Waals surface area contributed by atoms with E-state index < -0.39 is 0 Å².